The molecule has 0 amide bonds. The number of aromatic nitrogens is 3. The molecule has 4 rings (SSSR count). The van der Waals surface area contributed by atoms with E-state index in [1.165, 1.54) is 0 Å². The number of rotatable bonds is 3. The molecule has 0 radical (unpaired) electrons. The van der Waals surface area contributed by atoms with Crippen LogP contribution in [0.15, 0.2) is 54.6 Å². The second kappa shape index (κ2) is 6.11. The van der Waals surface area contributed by atoms with Crippen LogP contribution in [0.5, 0.6) is 0 Å². The van der Waals surface area contributed by atoms with Crippen molar-refractivity contribution in [2.45, 2.75) is 13.8 Å². The molecule has 2 N–H and O–H groups in total. The van der Waals surface area contributed by atoms with Gasteiger partial charge in [0.1, 0.15) is 0 Å². The van der Waals surface area contributed by atoms with E-state index >= 15 is 0 Å². The summed E-state index contributed by atoms with van der Waals surface area (Å²) in [6.45, 7) is 4.00. The highest BCUT2D eigenvalue weighted by Gasteiger charge is 2.19. The highest BCUT2D eigenvalue weighted by Crippen LogP contribution is 2.31. The number of nitrogens with zero attached hydrogens (tertiary/aromatic N) is 2. The van der Waals surface area contributed by atoms with E-state index in [1.54, 1.807) is 6.07 Å². The van der Waals surface area contributed by atoms with Crippen LogP contribution in [-0.4, -0.2) is 26.3 Å². The lowest BCUT2D eigenvalue weighted by Crippen LogP contribution is -2.00. The highest BCUT2D eigenvalue weighted by atomic mass is 16.4. The van der Waals surface area contributed by atoms with Crippen LogP contribution < -0.4 is 0 Å². The summed E-state index contributed by atoms with van der Waals surface area (Å²) in [6, 6.07) is 17.3. The quantitative estimate of drug-likeness (QED) is 0.569. The van der Waals surface area contributed by atoms with Gasteiger partial charge in [0, 0.05) is 11.1 Å². The monoisotopic (exact) mass is 343 g/mol. The van der Waals surface area contributed by atoms with Gasteiger partial charge in [-0.3, -0.25) is 5.10 Å². The van der Waals surface area contributed by atoms with Gasteiger partial charge in [-0.05, 0) is 26.0 Å². The summed E-state index contributed by atoms with van der Waals surface area (Å²) in [7, 11) is 0. The lowest BCUT2D eigenvalue weighted by atomic mass is 10.0. The third-order valence-electron chi connectivity index (χ3n) is 4.41. The van der Waals surface area contributed by atoms with Crippen LogP contribution in [0.3, 0.4) is 0 Å². The molecule has 2 heterocycles. The molecule has 0 aliphatic carbocycles. The standard InChI is InChI=1S/C21H17N3O2/c1-12-6-8-14(9-7-12)19-18-16(21(25)26)11-17(22-20(18)24-23-19)15-5-3-4-13(2)10-15/h3-11H,1-2H3,(H,25,26)(H,22,23,24). The van der Waals surface area contributed by atoms with Crippen LogP contribution in [0.4, 0.5) is 0 Å². The molecule has 0 saturated heterocycles. The van der Waals surface area contributed by atoms with Gasteiger partial charge >= 0.3 is 5.97 Å². The van der Waals surface area contributed by atoms with Gasteiger partial charge in [-0.2, -0.15) is 5.10 Å². The molecule has 5 heteroatoms. The summed E-state index contributed by atoms with van der Waals surface area (Å²) >= 11 is 0. The van der Waals surface area contributed by atoms with E-state index in [9.17, 15) is 9.90 Å². The van der Waals surface area contributed by atoms with Crippen molar-refractivity contribution < 1.29 is 9.90 Å². The van der Waals surface area contributed by atoms with Crippen LogP contribution in [0.1, 0.15) is 21.5 Å². The normalized spacial score (nSPS) is 11.0. The second-order valence-corrected chi connectivity index (χ2v) is 6.39. The van der Waals surface area contributed by atoms with Gasteiger partial charge in [-0.15, -0.1) is 0 Å². The van der Waals surface area contributed by atoms with Crippen molar-refractivity contribution in [1.29, 1.82) is 0 Å². The molecule has 2 aromatic carbocycles. The van der Waals surface area contributed by atoms with Gasteiger partial charge in [0.15, 0.2) is 5.65 Å². The first-order chi connectivity index (χ1) is 12.5. The lowest BCUT2D eigenvalue weighted by Gasteiger charge is -2.06. The third-order valence-corrected chi connectivity index (χ3v) is 4.41. The topological polar surface area (TPSA) is 78.9 Å². The number of aryl methyl sites for hydroxylation is 2. The smallest absolute Gasteiger partial charge is 0.336 e. The summed E-state index contributed by atoms with van der Waals surface area (Å²) in [5, 5.41) is 17.5. The van der Waals surface area contributed by atoms with Crippen LogP contribution in [-0.2, 0) is 0 Å². The molecule has 26 heavy (non-hydrogen) atoms. The molecular weight excluding hydrogens is 326 g/mol. The minimum Gasteiger partial charge on any atom is -0.478 e. The molecule has 0 bridgehead atoms. The summed E-state index contributed by atoms with van der Waals surface area (Å²) in [4.78, 5) is 16.5. The molecule has 0 aliphatic heterocycles. The maximum atomic E-state index is 11.9. The largest absolute Gasteiger partial charge is 0.478 e. The van der Waals surface area contributed by atoms with Gasteiger partial charge in [0.2, 0.25) is 0 Å². The Morgan fingerprint density at radius 3 is 2.42 bits per heavy atom. The molecule has 5 nitrogen and oxygen atoms in total. The Bertz CT molecular complexity index is 1130. The minimum atomic E-state index is -0.999. The lowest BCUT2D eigenvalue weighted by molar-refractivity contribution is 0.0699. The number of carboxylic acids is 1. The number of carbonyl (C=O) groups is 1. The Hall–Kier alpha value is -3.47. The zero-order valence-corrected chi connectivity index (χ0v) is 14.4. The molecule has 0 saturated carbocycles. The first kappa shape index (κ1) is 16.0. The average Bonchev–Trinajstić information content (AvgIpc) is 3.05. The predicted molar refractivity (Wildman–Crippen MR) is 101 cm³/mol. The van der Waals surface area contributed by atoms with E-state index in [1.807, 2.05) is 62.4 Å². The molecule has 0 aliphatic rings. The van der Waals surface area contributed by atoms with Crippen LogP contribution in [0.25, 0.3) is 33.5 Å². The maximum absolute atomic E-state index is 11.9. The molecule has 0 spiro atoms. The molecule has 2 aromatic heterocycles. The second-order valence-electron chi connectivity index (χ2n) is 6.39. The zero-order valence-electron chi connectivity index (χ0n) is 14.4. The summed E-state index contributed by atoms with van der Waals surface area (Å²) in [5.41, 5.74) is 5.83. The number of hydrogen-bond donors (Lipinski definition) is 2. The Morgan fingerprint density at radius 1 is 0.962 bits per heavy atom. The Labute approximate surface area is 150 Å². The molecule has 0 atom stereocenters. The molecule has 0 unspecified atom stereocenters. The van der Waals surface area contributed by atoms with Crippen molar-refractivity contribution in [1.82, 2.24) is 15.2 Å². The van der Waals surface area contributed by atoms with E-state index in [2.05, 4.69) is 15.2 Å². The number of fused-ring (bicyclic) bond motifs is 1. The van der Waals surface area contributed by atoms with Crippen molar-refractivity contribution in [3.63, 3.8) is 0 Å². The van der Waals surface area contributed by atoms with Crippen LogP contribution in [0.2, 0.25) is 0 Å². The number of H-pyrrole nitrogens is 1. The van der Waals surface area contributed by atoms with Gasteiger partial charge in [0.05, 0.1) is 22.3 Å². The summed E-state index contributed by atoms with van der Waals surface area (Å²) in [6.07, 6.45) is 0. The Morgan fingerprint density at radius 2 is 1.73 bits per heavy atom. The molecule has 4 aromatic rings. The number of pyridine rings is 1. The van der Waals surface area contributed by atoms with Crippen LogP contribution in [0, 0.1) is 13.8 Å². The fourth-order valence-electron chi connectivity index (χ4n) is 3.07. The van der Waals surface area contributed by atoms with E-state index in [-0.39, 0.29) is 5.56 Å². The number of benzene rings is 2. The molecular formula is C21H17N3O2. The molecule has 0 fully saturated rings. The number of nitrogens with one attached hydrogen (secondary N) is 1. The van der Waals surface area contributed by atoms with Gasteiger partial charge < -0.3 is 5.11 Å². The van der Waals surface area contributed by atoms with Crippen molar-refractivity contribution >= 4 is 17.0 Å². The zero-order chi connectivity index (χ0) is 18.3. The van der Waals surface area contributed by atoms with E-state index in [0.717, 1.165) is 22.3 Å². The SMILES string of the molecule is Cc1ccc(-c2[nH]nc3nc(-c4cccc(C)c4)cc(C(=O)O)c23)cc1. The summed E-state index contributed by atoms with van der Waals surface area (Å²) in [5.74, 6) is -0.999. The predicted octanol–water partition coefficient (Wildman–Crippen LogP) is 4.61. The van der Waals surface area contributed by atoms with Gasteiger partial charge in [-0.25, -0.2) is 9.78 Å². The number of aromatic carboxylic acids is 1. The van der Waals surface area contributed by atoms with Crippen molar-refractivity contribution in [3.8, 4) is 22.5 Å². The number of aromatic amines is 1. The van der Waals surface area contributed by atoms with Gasteiger partial charge in [-0.1, -0.05) is 53.6 Å². The number of hydrogen-bond acceptors (Lipinski definition) is 3. The highest BCUT2D eigenvalue weighted by molar-refractivity contribution is 6.08. The van der Waals surface area contributed by atoms with Crippen LogP contribution >= 0.6 is 0 Å². The first-order valence-electron chi connectivity index (χ1n) is 8.29. The molecule has 128 valence electrons. The number of carboxylic acid groups (broad SMARTS) is 1. The Kier molecular flexibility index (Phi) is 3.77. The fraction of sp³-hybridized carbons (Fsp3) is 0.0952. The van der Waals surface area contributed by atoms with E-state index < -0.39 is 5.97 Å². The van der Waals surface area contributed by atoms with E-state index in [4.69, 9.17) is 0 Å². The van der Waals surface area contributed by atoms with E-state index in [0.29, 0.717) is 22.4 Å². The average molecular weight is 343 g/mol. The van der Waals surface area contributed by atoms with Crippen molar-refractivity contribution in [2.24, 2.45) is 0 Å². The fourth-order valence-corrected chi connectivity index (χ4v) is 3.07. The minimum absolute atomic E-state index is 0.191. The Balaban J connectivity index is 1.96. The van der Waals surface area contributed by atoms with Gasteiger partial charge in [0.25, 0.3) is 0 Å². The summed E-state index contributed by atoms with van der Waals surface area (Å²) < 4.78 is 0. The van der Waals surface area contributed by atoms with Crippen molar-refractivity contribution in [3.05, 3.63) is 71.3 Å². The third kappa shape index (κ3) is 2.73. The maximum Gasteiger partial charge on any atom is 0.336 e. The first-order valence-corrected chi connectivity index (χ1v) is 8.29. The van der Waals surface area contributed by atoms with Crippen molar-refractivity contribution in [2.75, 3.05) is 0 Å².